The monoisotopic (exact) mass is 336 g/mol. The summed E-state index contributed by atoms with van der Waals surface area (Å²) in [6, 6.07) is 12.3. The number of oxazole rings is 1. The molecule has 2 heterocycles. The van der Waals surface area contributed by atoms with Crippen molar-refractivity contribution in [3.63, 3.8) is 0 Å². The topological polar surface area (TPSA) is 38.1 Å². The minimum atomic E-state index is 0.226. The van der Waals surface area contributed by atoms with Crippen molar-refractivity contribution in [3.05, 3.63) is 51.0 Å². The van der Waals surface area contributed by atoms with Crippen LogP contribution in [-0.2, 0) is 6.42 Å². The Balaban J connectivity index is 1.86. The summed E-state index contributed by atoms with van der Waals surface area (Å²) in [5.41, 5.74) is 1.76. The molecular weight excluding hydrogens is 324 g/mol. The normalized spacial score (nSPS) is 12.9. The number of nitrogens with one attached hydrogen (secondary N) is 1. The molecule has 0 spiro atoms. The van der Waals surface area contributed by atoms with Crippen LogP contribution in [0.3, 0.4) is 0 Å². The minimum Gasteiger partial charge on any atom is -0.441 e. The molecule has 0 saturated carbocycles. The number of thiophene rings is 1. The van der Waals surface area contributed by atoms with E-state index < -0.39 is 0 Å². The SMILES string of the molecule is CNC(Cc1nc2ccccc2o1)c1ccc(Br)s1. The van der Waals surface area contributed by atoms with Crippen LogP contribution in [0.2, 0.25) is 0 Å². The number of aromatic nitrogens is 1. The Labute approximate surface area is 123 Å². The maximum absolute atomic E-state index is 5.77. The van der Waals surface area contributed by atoms with Gasteiger partial charge in [-0.3, -0.25) is 0 Å². The largest absolute Gasteiger partial charge is 0.441 e. The van der Waals surface area contributed by atoms with Gasteiger partial charge in [0.1, 0.15) is 5.52 Å². The van der Waals surface area contributed by atoms with Gasteiger partial charge in [-0.05, 0) is 47.2 Å². The number of nitrogens with zero attached hydrogens (tertiary/aromatic N) is 1. The molecular formula is C14H13BrN2OS. The summed E-state index contributed by atoms with van der Waals surface area (Å²) in [6.07, 6.45) is 0.748. The van der Waals surface area contributed by atoms with Gasteiger partial charge in [0, 0.05) is 17.3 Å². The van der Waals surface area contributed by atoms with E-state index in [2.05, 4.69) is 38.4 Å². The van der Waals surface area contributed by atoms with Gasteiger partial charge in [-0.25, -0.2) is 4.98 Å². The lowest BCUT2D eigenvalue weighted by Crippen LogP contribution is -2.17. The van der Waals surface area contributed by atoms with Crippen molar-refractivity contribution in [2.45, 2.75) is 12.5 Å². The van der Waals surface area contributed by atoms with Crippen molar-refractivity contribution in [1.29, 1.82) is 0 Å². The highest BCUT2D eigenvalue weighted by Crippen LogP contribution is 2.29. The Morgan fingerprint density at radius 1 is 1.32 bits per heavy atom. The Morgan fingerprint density at radius 2 is 2.16 bits per heavy atom. The highest BCUT2D eigenvalue weighted by molar-refractivity contribution is 9.11. The lowest BCUT2D eigenvalue weighted by atomic mass is 10.2. The van der Waals surface area contributed by atoms with Crippen LogP contribution in [0.15, 0.2) is 44.6 Å². The van der Waals surface area contributed by atoms with E-state index in [4.69, 9.17) is 4.42 Å². The number of benzene rings is 1. The first-order valence-electron chi connectivity index (χ1n) is 6.03. The summed E-state index contributed by atoms with van der Waals surface area (Å²) in [7, 11) is 1.96. The van der Waals surface area contributed by atoms with Gasteiger partial charge in [0.15, 0.2) is 11.5 Å². The van der Waals surface area contributed by atoms with Crippen LogP contribution in [-0.4, -0.2) is 12.0 Å². The second-order valence-electron chi connectivity index (χ2n) is 4.26. The van der Waals surface area contributed by atoms with Crippen molar-refractivity contribution in [1.82, 2.24) is 10.3 Å². The molecule has 0 aliphatic rings. The average molecular weight is 337 g/mol. The van der Waals surface area contributed by atoms with Crippen LogP contribution in [0.25, 0.3) is 11.1 Å². The predicted octanol–water partition coefficient (Wildman–Crippen LogP) is 4.16. The molecule has 1 N–H and O–H groups in total. The highest BCUT2D eigenvalue weighted by atomic mass is 79.9. The molecule has 0 aliphatic carbocycles. The Morgan fingerprint density at radius 3 is 2.84 bits per heavy atom. The summed E-state index contributed by atoms with van der Waals surface area (Å²) >= 11 is 5.23. The van der Waals surface area contributed by atoms with Crippen molar-refractivity contribution in [3.8, 4) is 0 Å². The molecule has 0 bridgehead atoms. The van der Waals surface area contributed by atoms with E-state index in [9.17, 15) is 0 Å². The molecule has 98 valence electrons. The number of hydrogen-bond donors (Lipinski definition) is 1. The van der Waals surface area contributed by atoms with E-state index in [1.807, 2.05) is 31.3 Å². The molecule has 1 atom stereocenters. The van der Waals surface area contributed by atoms with Crippen LogP contribution < -0.4 is 5.32 Å². The molecule has 3 rings (SSSR count). The molecule has 19 heavy (non-hydrogen) atoms. The smallest absolute Gasteiger partial charge is 0.197 e. The Bertz CT molecular complexity index is 658. The van der Waals surface area contributed by atoms with Crippen molar-refractivity contribution < 1.29 is 4.42 Å². The first kappa shape index (κ1) is 12.8. The van der Waals surface area contributed by atoms with Crippen molar-refractivity contribution in [2.24, 2.45) is 0 Å². The third kappa shape index (κ3) is 2.73. The van der Waals surface area contributed by atoms with Crippen molar-refractivity contribution >= 4 is 38.4 Å². The minimum absolute atomic E-state index is 0.226. The summed E-state index contributed by atoms with van der Waals surface area (Å²) in [6.45, 7) is 0. The van der Waals surface area contributed by atoms with E-state index in [0.29, 0.717) is 0 Å². The van der Waals surface area contributed by atoms with E-state index in [1.54, 1.807) is 11.3 Å². The molecule has 0 fully saturated rings. The molecule has 3 aromatic rings. The lowest BCUT2D eigenvalue weighted by Gasteiger charge is -2.11. The van der Waals surface area contributed by atoms with Gasteiger partial charge in [-0.1, -0.05) is 12.1 Å². The van der Waals surface area contributed by atoms with E-state index in [0.717, 1.165) is 27.2 Å². The number of para-hydroxylation sites is 2. The average Bonchev–Trinajstić information content (AvgIpc) is 3.01. The number of fused-ring (bicyclic) bond motifs is 1. The standard InChI is InChI=1S/C14H13BrN2OS/c1-16-10(12-6-7-13(15)19-12)8-14-17-9-4-2-3-5-11(9)18-14/h2-7,10,16H,8H2,1H3. The fraction of sp³-hybridized carbons (Fsp3) is 0.214. The first-order valence-corrected chi connectivity index (χ1v) is 7.64. The molecule has 0 saturated heterocycles. The maximum Gasteiger partial charge on any atom is 0.197 e. The van der Waals surface area contributed by atoms with E-state index in [1.165, 1.54) is 4.88 Å². The van der Waals surface area contributed by atoms with E-state index in [-0.39, 0.29) is 6.04 Å². The van der Waals surface area contributed by atoms with Gasteiger partial charge in [0.25, 0.3) is 0 Å². The van der Waals surface area contributed by atoms with Gasteiger partial charge >= 0.3 is 0 Å². The second-order valence-corrected chi connectivity index (χ2v) is 6.76. The van der Waals surface area contributed by atoms with Crippen LogP contribution >= 0.6 is 27.3 Å². The molecule has 3 nitrogen and oxygen atoms in total. The quantitative estimate of drug-likeness (QED) is 0.777. The summed E-state index contributed by atoms with van der Waals surface area (Å²) in [5.74, 6) is 0.769. The molecule has 5 heteroatoms. The molecule has 0 radical (unpaired) electrons. The third-order valence-electron chi connectivity index (χ3n) is 3.00. The molecule has 1 aromatic carbocycles. The lowest BCUT2D eigenvalue weighted by molar-refractivity contribution is 0.477. The molecule has 2 aromatic heterocycles. The molecule has 0 amide bonds. The number of likely N-dealkylation sites (N-methyl/N-ethyl adjacent to an activating group) is 1. The maximum atomic E-state index is 5.77. The predicted molar refractivity (Wildman–Crippen MR) is 81.5 cm³/mol. The second kappa shape index (κ2) is 5.45. The van der Waals surface area contributed by atoms with Gasteiger partial charge in [-0.2, -0.15) is 0 Å². The van der Waals surface area contributed by atoms with Crippen LogP contribution in [0, 0.1) is 0 Å². The van der Waals surface area contributed by atoms with Crippen LogP contribution in [0.1, 0.15) is 16.8 Å². The molecule has 1 unspecified atom stereocenters. The van der Waals surface area contributed by atoms with Crippen molar-refractivity contribution in [2.75, 3.05) is 7.05 Å². The van der Waals surface area contributed by atoms with Gasteiger partial charge in [0.2, 0.25) is 0 Å². The fourth-order valence-electron chi connectivity index (χ4n) is 2.04. The zero-order chi connectivity index (χ0) is 13.2. The zero-order valence-corrected chi connectivity index (χ0v) is 12.8. The van der Waals surface area contributed by atoms with Gasteiger partial charge in [-0.15, -0.1) is 11.3 Å². The zero-order valence-electron chi connectivity index (χ0n) is 10.4. The number of rotatable bonds is 4. The van der Waals surface area contributed by atoms with Crippen LogP contribution in [0.5, 0.6) is 0 Å². The van der Waals surface area contributed by atoms with E-state index >= 15 is 0 Å². The highest BCUT2D eigenvalue weighted by Gasteiger charge is 2.16. The Kier molecular flexibility index (Phi) is 3.68. The van der Waals surface area contributed by atoms with Gasteiger partial charge in [0.05, 0.1) is 3.79 Å². The Hall–Kier alpha value is -1.17. The third-order valence-corrected chi connectivity index (χ3v) is 4.74. The summed E-state index contributed by atoms with van der Waals surface area (Å²) < 4.78 is 6.91. The summed E-state index contributed by atoms with van der Waals surface area (Å²) in [4.78, 5) is 5.79. The first-order chi connectivity index (χ1) is 9.26. The fourth-order valence-corrected chi connectivity index (χ4v) is 3.58. The van der Waals surface area contributed by atoms with Gasteiger partial charge < -0.3 is 9.73 Å². The number of hydrogen-bond acceptors (Lipinski definition) is 4. The molecule has 0 aliphatic heterocycles. The summed E-state index contributed by atoms with van der Waals surface area (Å²) in [5, 5.41) is 3.31. The van der Waals surface area contributed by atoms with Crippen LogP contribution in [0.4, 0.5) is 0 Å². The number of halogens is 1.